The molecule has 7 heteroatoms. The Bertz CT molecular complexity index is 708. The van der Waals surface area contributed by atoms with Crippen LogP contribution in [0.1, 0.15) is 17.9 Å². The monoisotopic (exact) mass is 348 g/mol. The number of benzene rings is 2. The second-order valence-electron chi connectivity index (χ2n) is 5.28. The summed E-state index contributed by atoms with van der Waals surface area (Å²) in [6.45, 7) is 0.406. The summed E-state index contributed by atoms with van der Waals surface area (Å²) in [5.74, 6) is -0.0846. The number of rotatable bonds is 5. The highest BCUT2D eigenvalue weighted by atomic mass is 35.5. The topological polar surface area (TPSA) is 79.2 Å². The molecule has 0 aromatic heterocycles. The lowest BCUT2D eigenvalue weighted by molar-refractivity contribution is -0.116. The highest BCUT2D eigenvalue weighted by Crippen LogP contribution is 2.32. The van der Waals surface area contributed by atoms with E-state index >= 15 is 0 Å². The summed E-state index contributed by atoms with van der Waals surface area (Å²) in [5, 5.41) is 3.60. The Morgan fingerprint density at radius 2 is 2.04 bits per heavy atom. The van der Waals surface area contributed by atoms with E-state index in [1.54, 1.807) is 0 Å². The van der Waals surface area contributed by atoms with Crippen molar-refractivity contribution in [2.24, 2.45) is 5.73 Å². The van der Waals surface area contributed by atoms with Gasteiger partial charge in [-0.1, -0.05) is 23.7 Å². The number of hydrogen-bond acceptors (Lipinski definition) is 5. The summed E-state index contributed by atoms with van der Waals surface area (Å²) in [6, 6.07) is 13.2. The van der Waals surface area contributed by atoms with Gasteiger partial charge in [0.1, 0.15) is 0 Å². The van der Waals surface area contributed by atoms with Crippen LogP contribution in [-0.2, 0) is 4.79 Å². The zero-order chi connectivity index (χ0) is 16.2. The summed E-state index contributed by atoms with van der Waals surface area (Å²) < 4.78 is 0. The first-order valence-corrected chi connectivity index (χ1v) is 8.42. The minimum Gasteiger partial charge on any atom is -0.330 e. The molecular formula is C16H17ClN4OS. The molecule has 1 heterocycles. The lowest BCUT2D eigenvalue weighted by Gasteiger charge is -2.15. The van der Waals surface area contributed by atoms with Crippen LogP contribution in [-0.4, -0.2) is 12.5 Å². The maximum absolute atomic E-state index is 12.3. The fraction of sp³-hybridized carbons (Fsp3) is 0.188. The molecule has 1 atom stereocenters. The van der Waals surface area contributed by atoms with Crippen LogP contribution in [0.3, 0.4) is 0 Å². The molecule has 1 unspecified atom stereocenters. The second-order valence-corrected chi connectivity index (χ2v) is 6.56. The number of amides is 1. The van der Waals surface area contributed by atoms with E-state index in [0.717, 1.165) is 21.8 Å². The van der Waals surface area contributed by atoms with Crippen LogP contribution in [0.2, 0.25) is 5.02 Å². The third-order valence-electron chi connectivity index (χ3n) is 3.67. The molecule has 0 radical (unpaired) electrons. The summed E-state index contributed by atoms with van der Waals surface area (Å²) in [6.07, 6.45) is 0.332. The molecule has 0 saturated carbocycles. The van der Waals surface area contributed by atoms with Gasteiger partial charge >= 0.3 is 0 Å². The van der Waals surface area contributed by atoms with Crippen LogP contribution >= 0.6 is 23.5 Å². The van der Waals surface area contributed by atoms with Crippen molar-refractivity contribution in [1.29, 1.82) is 0 Å². The predicted molar refractivity (Wildman–Crippen MR) is 95.6 cm³/mol. The van der Waals surface area contributed by atoms with Crippen molar-refractivity contribution in [3.8, 4) is 0 Å². The number of anilines is 2. The van der Waals surface area contributed by atoms with Gasteiger partial charge in [-0.2, -0.15) is 4.83 Å². The first-order chi connectivity index (χ1) is 11.2. The molecule has 5 N–H and O–H groups in total. The van der Waals surface area contributed by atoms with Crippen LogP contribution in [0.15, 0.2) is 47.4 Å². The quantitative estimate of drug-likeness (QED) is 0.623. The molecule has 1 amide bonds. The van der Waals surface area contributed by atoms with Crippen LogP contribution in [0.5, 0.6) is 0 Å². The number of carbonyl (C=O) groups is 1. The Hall–Kier alpha value is -1.73. The third-order valence-corrected chi connectivity index (χ3v) is 4.68. The van der Waals surface area contributed by atoms with Crippen molar-refractivity contribution in [1.82, 2.24) is 4.83 Å². The van der Waals surface area contributed by atoms with Crippen molar-refractivity contribution in [3.63, 3.8) is 0 Å². The van der Waals surface area contributed by atoms with Gasteiger partial charge in [0.05, 0.1) is 10.6 Å². The molecule has 23 heavy (non-hydrogen) atoms. The number of fused-ring (bicyclic) bond motifs is 1. The van der Waals surface area contributed by atoms with E-state index in [4.69, 9.17) is 17.3 Å². The molecule has 1 aliphatic heterocycles. The number of carbonyl (C=O) groups excluding carboxylic acids is 1. The highest BCUT2D eigenvalue weighted by molar-refractivity contribution is 7.98. The molecule has 120 valence electrons. The van der Waals surface area contributed by atoms with Gasteiger partial charge in [0.25, 0.3) is 0 Å². The molecule has 0 fully saturated rings. The number of nitrogens with one attached hydrogen (secondary N) is 3. The van der Waals surface area contributed by atoms with Crippen LogP contribution in [0.25, 0.3) is 0 Å². The fourth-order valence-electron chi connectivity index (χ4n) is 2.43. The van der Waals surface area contributed by atoms with Gasteiger partial charge in [0.15, 0.2) is 0 Å². The summed E-state index contributed by atoms with van der Waals surface area (Å²) in [7, 11) is 0. The average Bonchev–Trinajstić information content (AvgIpc) is 3.01. The van der Waals surface area contributed by atoms with E-state index in [1.165, 1.54) is 11.9 Å². The standard InChI is InChI=1S/C16H17ClN4OS/c17-12-3-1-10(2-4-12)11(9-18)7-16(22)19-13-5-6-14-15(8-13)23-21-20-14/h1-6,8,11,20-21H,7,9,18H2,(H,19,22). The molecule has 3 rings (SSSR count). The van der Waals surface area contributed by atoms with Gasteiger partial charge < -0.3 is 16.5 Å². The molecule has 0 bridgehead atoms. The number of hydrogen-bond donors (Lipinski definition) is 4. The molecule has 2 aromatic carbocycles. The van der Waals surface area contributed by atoms with Crippen LogP contribution in [0.4, 0.5) is 11.4 Å². The number of nitrogens with two attached hydrogens (primary N) is 1. The van der Waals surface area contributed by atoms with Crippen molar-refractivity contribution in [2.75, 3.05) is 17.3 Å². The van der Waals surface area contributed by atoms with Crippen molar-refractivity contribution in [2.45, 2.75) is 17.2 Å². The van der Waals surface area contributed by atoms with Crippen molar-refractivity contribution < 1.29 is 4.79 Å². The van der Waals surface area contributed by atoms with Gasteiger partial charge in [-0.15, -0.1) is 0 Å². The molecule has 0 saturated heterocycles. The maximum atomic E-state index is 12.3. The SMILES string of the molecule is NCC(CC(=O)Nc1ccc2c(c1)SNN2)c1ccc(Cl)cc1. The normalized spacial score (nSPS) is 14.0. The minimum absolute atomic E-state index is 0.0283. The summed E-state index contributed by atoms with van der Waals surface area (Å²) in [5.41, 5.74) is 11.6. The molecule has 5 nitrogen and oxygen atoms in total. The first kappa shape index (κ1) is 16.1. The van der Waals surface area contributed by atoms with Crippen molar-refractivity contribution in [3.05, 3.63) is 53.1 Å². The van der Waals surface area contributed by atoms with Crippen LogP contribution in [0, 0.1) is 0 Å². The fourth-order valence-corrected chi connectivity index (χ4v) is 3.24. The Kier molecular flexibility index (Phi) is 5.07. The number of halogens is 1. The van der Waals surface area contributed by atoms with E-state index in [1.807, 2.05) is 42.5 Å². The molecule has 1 aliphatic rings. The van der Waals surface area contributed by atoms with Gasteiger partial charge in [-0.05, 0) is 54.4 Å². The van der Waals surface area contributed by atoms with E-state index in [2.05, 4.69) is 15.6 Å². The molecule has 2 aromatic rings. The molecule has 0 aliphatic carbocycles. The van der Waals surface area contributed by atoms with E-state index in [-0.39, 0.29) is 11.8 Å². The van der Waals surface area contributed by atoms with Crippen LogP contribution < -0.4 is 21.3 Å². The van der Waals surface area contributed by atoms with Gasteiger partial charge in [0.2, 0.25) is 5.91 Å². The minimum atomic E-state index is -0.0562. The zero-order valence-electron chi connectivity index (χ0n) is 12.3. The van der Waals surface area contributed by atoms with Gasteiger partial charge in [0, 0.05) is 23.0 Å². The molecular weight excluding hydrogens is 332 g/mol. The lowest BCUT2D eigenvalue weighted by atomic mass is 9.95. The molecule has 0 spiro atoms. The van der Waals surface area contributed by atoms with Crippen molar-refractivity contribution >= 4 is 40.8 Å². The third kappa shape index (κ3) is 3.97. The Labute approximate surface area is 144 Å². The Morgan fingerprint density at radius 3 is 2.78 bits per heavy atom. The second kappa shape index (κ2) is 7.23. The zero-order valence-corrected chi connectivity index (χ0v) is 13.9. The largest absolute Gasteiger partial charge is 0.330 e. The van der Waals surface area contributed by atoms with E-state index < -0.39 is 0 Å². The lowest BCUT2D eigenvalue weighted by Crippen LogP contribution is -2.21. The number of hydrazine groups is 1. The summed E-state index contributed by atoms with van der Waals surface area (Å²) >= 11 is 7.38. The smallest absolute Gasteiger partial charge is 0.225 e. The van der Waals surface area contributed by atoms with Gasteiger partial charge in [-0.3, -0.25) is 4.79 Å². The first-order valence-electron chi connectivity index (χ1n) is 7.23. The Morgan fingerprint density at radius 1 is 1.26 bits per heavy atom. The highest BCUT2D eigenvalue weighted by Gasteiger charge is 2.16. The van der Waals surface area contributed by atoms with E-state index in [9.17, 15) is 4.79 Å². The maximum Gasteiger partial charge on any atom is 0.225 e. The van der Waals surface area contributed by atoms with E-state index in [0.29, 0.717) is 18.0 Å². The van der Waals surface area contributed by atoms with Gasteiger partial charge in [-0.25, -0.2) is 0 Å². The average molecular weight is 349 g/mol. The summed E-state index contributed by atoms with van der Waals surface area (Å²) in [4.78, 5) is 16.3. The predicted octanol–water partition coefficient (Wildman–Crippen LogP) is 3.35. The Balaban J connectivity index is 1.64.